The topological polar surface area (TPSA) is 27.7 Å². The maximum Gasteiger partial charge on any atom is 0.387 e. The van der Waals surface area contributed by atoms with E-state index in [1.165, 1.54) is 20.3 Å². The van der Waals surface area contributed by atoms with Gasteiger partial charge in [0, 0.05) is 11.1 Å². The monoisotopic (exact) mass is 280 g/mol. The van der Waals surface area contributed by atoms with Crippen LogP contribution in [0.25, 0.3) is 11.1 Å². The molecule has 0 heterocycles. The molecule has 0 unspecified atom stereocenters. The van der Waals surface area contributed by atoms with Crippen molar-refractivity contribution in [3.8, 4) is 28.4 Å². The van der Waals surface area contributed by atoms with Gasteiger partial charge in [-0.2, -0.15) is 8.78 Å². The molecule has 106 valence electrons. The van der Waals surface area contributed by atoms with E-state index in [9.17, 15) is 8.78 Å². The first kappa shape index (κ1) is 14.1. The Hall–Kier alpha value is -2.30. The minimum atomic E-state index is -2.88. The maximum atomic E-state index is 12.5. The highest BCUT2D eigenvalue weighted by Gasteiger charge is 2.16. The summed E-state index contributed by atoms with van der Waals surface area (Å²) in [7, 11) is 3.02. The quantitative estimate of drug-likeness (QED) is 0.829. The predicted octanol–water partition coefficient (Wildman–Crippen LogP) is 3.97. The van der Waals surface area contributed by atoms with E-state index in [2.05, 4.69) is 4.74 Å². The summed E-state index contributed by atoms with van der Waals surface area (Å²) in [6.07, 6.45) is 0. The van der Waals surface area contributed by atoms with E-state index in [1.807, 2.05) is 0 Å². The van der Waals surface area contributed by atoms with Crippen molar-refractivity contribution in [1.82, 2.24) is 0 Å². The number of hydrogen-bond donors (Lipinski definition) is 0. The Balaban J connectivity index is 2.56. The van der Waals surface area contributed by atoms with Gasteiger partial charge in [0.25, 0.3) is 0 Å². The molecule has 2 rings (SSSR count). The van der Waals surface area contributed by atoms with Gasteiger partial charge in [-0.15, -0.1) is 0 Å². The lowest BCUT2D eigenvalue weighted by Crippen LogP contribution is -2.03. The van der Waals surface area contributed by atoms with Gasteiger partial charge in [-0.3, -0.25) is 0 Å². The average Bonchev–Trinajstić information content (AvgIpc) is 2.46. The standard InChI is InChI=1S/C15H14F2O3/c1-18-13-9-5-7-11(14(13)19-2)10-6-3-4-8-12(10)20-15(16)17/h3-9,15H,1-2H3. The number of hydrogen-bond acceptors (Lipinski definition) is 3. The van der Waals surface area contributed by atoms with Crippen LogP contribution in [-0.2, 0) is 0 Å². The van der Waals surface area contributed by atoms with Gasteiger partial charge in [-0.1, -0.05) is 30.3 Å². The fourth-order valence-electron chi connectivity index (χ4n) is 1.99. The molecule has 2 aromatic rings. The molecule has 3 nitrogen and oxygen atoms in total. The minimum absolute atomic E-state index is 0.0917. The van der Waals surface area contributed by atoms with Gasteiger partial charge >= 0.3 is 6.61 Å². The normalized spacial score (nSPS) is 10.4. The lowest BCUT2D eigenvalue weighted by atomic mass is 10.0. The van der Waals surface area contributed by atoms with Crippen molar-refractivity contribution in [2.75, 3.05) is 14.2 Å². The highest BCUT2D eigenvalue weighted by Crippen LogP contribution is 2.41. The summed E-state index contributed by atoms with van der Waals surface area (Å²) < 4.78 is 40.0. The molecule has 0 bridgehead atoms. The second-order valence-electron chi connectivity index (χ2n) is 3.92. The smallest absolute Gasteiger partial charge is 0.387 e. The van der Waals surface area contributed by atoms with Gasteiger partial charge in [0.2, 0.25) is 0 Å². The highest BCUT2D eigenvalue weighted by atomic mass is 19.3. The summed E-state index contributed by atoms with van der Waals surface area (Å²) in [5.41, 5.74) is 1.15. The van der Waals surface area contributed by atoms with Crippen LogP contribution >= 0.6 is 0 Å². The Bertz CT molecular complexity index is 585. The summed E-state index contributed by atoms with van der Waals surface area (Å²) in [4.78, 5) is 0. The van der Waals surface area contributed by atoms with Crippen LogP contribution in [0.3, 0.4) is 0 Å². The van der Waals surface area contributed by atoms with Crippen molar-refractivity contribution >= 4 is 0 Å². The van der Waals surface area contributed by atoms with Crippen molar-refractivity contribution in [3.05, 3.63) is 42.5 Å². The molecule has 0 saturated heterocycles. The summed E-state index contributed by atoms with van der Waals surface area (Å²) in [6.45, 7) is -2.88. The molecule has 0 atom stereocenters. The fourth-order valence-corrected chi connectivity index (χ4v) is 1.99. The lowest BCUT2D eigenvalue weighted by Gasteiger charge is -2.15. The molecule has 2 aromatic carbocycles. The molecular weight excluding hydrogens is 266 g/mol. The Kier molecular flexibility index (Phi) is 4.40. The van der Waals surface area contributed by atoms with Crippen LogP contribution in [0, 0.1) is 0 Å². The van der Waals surface area contributed by atoms with Gasteiger partial charge < -0.3 is 14.2 Å². The predicted molar refractivity (Wildman–Crippen MR) is 71.6 cm³/mol. The molecule has 0 aliphatic carbocycles. The molecule has 0 N–H and O–H groups in total. The summed E-state index contributed by atoms with van der Waals surface area (Å²) in [5.74, 6) is 1.09. The highest BCUT2D eigenvalue weighted by molar-refractivity contribution is 5.78. The van der Waals surface area contributed by atoms with Crippen LogP contribution in [0.15, 0.2) is 42.5 Å². The Morgan fingerprint density at radius 2 is 1.45 bits per heavy atom. The van der Waals surface area contributed by atoms with Gasteiger partial charge in [0.1, 0.15) is 5.75 Å². The van der Waals surface area contributed by atoms with Gasteiger partial charge in [0.15, 0.2) is 11.5 Å². The Morgan fingerprint density at radius 3 is 2.10 bits per heavy atom. The summed E-state index contributed by atoms with van der Waals surface area (Å²) >= 11 is 0. The third kappa shape index (κ3) is 2.82. The number of halogens is 2. The summed E-state index contributed by atoms with van der Waals surface area (Å²) in [5, 5.41) is 0. The van der Waals surface area contributed by atoms with Crippen molar-refractivity contribution in [3.63, 3.8) is 0 Å². The molecule has 0 amide bonds. The van der Waals surface area contributed by atoms with Crippen molar-refractivity contribution in [2.24, 2.45) is 0 Å². The first-order chi connectivity index (χ1) is 9.67. The van der Waals surface area contributed by atoms with Gasteiger partial charge in [0.05, 0.1) is 14.2 Å². The number of ether oxygens (including phenoxy) is 3. The lowest BCUT2D eigenvalue weighted by molar-refractivity contribution is -0.0494. The number of rotatable bonds is 5. The van der Waals surface area contributed by atoms with E-state index >= 15 is 0 Å². The average molecular weight is 280 g/mol. The van der Waals surface area contributed by atoms with Crippen LogP contribution in [0.4, 0.5) is 8.78 Å². The molecule has 0 radical (unpaired) electrons. The number of para-hydroxylation sites is 2. The molecule has 20 heavy (non-hydrogen) atoms. The second kappa shape index (κ2) is 6.23. The first-order valence-corrected chi connectivity index (χ1v) is 5.92. The van der Waals surface area contributed by atoms with Crippen LogP contribution in [0.1, 0.15) is 0 Å². The zero-order valence-electron chi connectivity index (χ0n) is 11.1. The minimum Gasteiger partial charge on any atom is -0.493 e. The number of benzene rings is 2. The third-order valence-corrected chi connectivity index (χ3v) is 2.80. The van der Waals surface area contributed by atoms with E-state index in [4.69, 9.17) is 9.47 Å². The van der Waals surface area contributed by atoms with Crippen LogP contribution in [-0.4, -0.2) is 20.8 Å². The third-order valence-electron chi connectivity index (χ3n) is 2.80. The largest absolute Gasteiger partial charge is 0.493 e. The summed E-state index contributed by atoms with van der Waals surface area (Å²) in [6, 6.07) is 11.8. The van der Waals surface area contributed by atoms with Gasteiger partial charge in [-0.25, -0.2) is 0 Å². The molecule has 0 aliphatic heterocycles. The van der Waals surface area contributed by atoms with E-state index in [0.29, 0.717) is 22.6 Å². The number of alkyl halides is 2. The number of methoxy groups -OCH3 is 2. The zero-order valence-corrected chi connectivity index (χ0v) is 11.1. The van der Waals surface area contributed by atoms with E-state index in [1.54, 1.807) is 36.4 Å². The Labute approximate surface area is 115 Å². The van der Waals surface area contributed by atoms with Gasteiger partial charge in [-0.05, 0) is 12.1 Å². The molecule has 0 aromatic heterocycles. The molecule has 0 aliphatic rings. The second-order valence-corrected chi connectivity index (χ2v) is 3.92. The van der Waals surface area contributed by atoms with Crippen molar-refractivity contribution < 1.29 is 23.0 Å². The van der Waals surface area contributed by atoms with Crippen LogP contribution < -0.4 is 14.2 Å². The fraction of sp³-hybridized carbons (Fsp3) is 0.200. The van der Waals surface area contributed by atoms with Crippen LogP contribution in [0.5, 0.6) is 17.2 Å². The van der Waals surface area contributed by atoms with E-state index in [0.717, 1.165) is 0 Å². The zero-order chi connectivity index (χ0) is 14.5. The molecular formula is C15H14F2O3. The maximum absolute atomic E-state index is 12.5. The van der Waals surface area contributed by atoms with E-state index in [-0.39, 0.29) is 5.75 Å². The van der Waals surface area contributed by atoms with Crippen LogP contribution in [0.2, 0.25) is 0 Å². The van der Waals surface area contributed by atoms with Crippen molar-refractivity contribution in [2.45, 2.75) is 6.61 Å². The first-order valence-electron chi connectivity index (χ1n) is 5.92. The molecule has 0 spiro atoms. The SMILES string of the molecule is COc1cccc(-c2ccccc2OC(F)F)c1OC. The molecule has 5 heteroatoms. The molecule has 0 saturated carbocycles. The Morgan fingerprint density at radius 1 is 0.800 bits per heavy atom. The molecule has 0 fully saturated rings. The van der Waals surface area contributed by atoms with E-state index < -0.39 is 6.61 Å². The van der Waals surface area contributed by atoms with Crippen molar-refractivity contribution in [1.29, 1.82) is 0 Å².